The number of hydrogen-bond acceptors (Lipinski definition) is 8. The molecule has 0 bridgehead atoms. The van der Waals surface area contributed by atoms with Crippen LogP contribution in [0.15, 0.2) is 28.8 Å². The number of carbonyl (C=O) groups excluding carboxylic acids is 1. The number of nitrogens with zero attached hydrogens (tertiary/aromatic N) is 6. The molecular formula is C17H21N7O3S2. The predicted octanol–water partition coefficient (Wildman–Crippen LogP) is 0.855. The van der Waals surface area contributed by atoms with Crippen LogP contribution in [0.1, 0.15) is 13.8 Å². The number of rotatable bonds is 7. The number of carboxylic acid groups (broad SMARTS) is 1. The van der Waals surface area contributed by atoms with Gasteiger partial charge in [-0.25, -0.2) is 4.79 Å². The fourth-order valence-corrected chi connectivity index (χ4v) is 5.82. The standard InChI is InChI=1S/C17H21N7O3S2/c1-3-22-6-9(5-19-22)13-20-21-17(23(13)4-2)29-8-10-7-28-15-11(18)14(25)24(15)12(10)16(26)27/h5-6,11,15H,3-4,7-8,18H2,1-2H3,(H,26,27). The summed E-state index contributed by atoms with van der Waals surface area (Å²) in [5, 5.41) is 22.9. The second-order valence-corrected chi connectivity index (χ2v) is 8.66. The highest BCUT2D eigenvalue weighted by Crippen LogP contribution is 2.40. The van der Waals surface area contributed by atoms with Crippen molar-refractivity contribution in [2.75, 3.05) is 11.5 Å². The molecule has 2 aromatic heterocycles. The molecule has 2 aromatic rings. The molecule has 2 aliphatic heterocycles. The van der Waals surface area contributed by atoms with Gasteiger partial charge in [0.05, 0.1) is 11.8 Å². The largest absolute Gasteiger partial charge is 0.477 e. The molecule has 0 aliphatic carbocycles. The van der Waals surface area contributed by atoms with Crippen LogP contribution in [0.4, 0.5) is 0 Å². The normalized spacial score (nSPS) is 21.3. The van der Waals surface area contributed by atoms with Gasteiger partial charge in [-0.1, -0.05) is 11.8 Å². The Bertz CT molecular complexity index is 999. The summed E-state index contributed by atoms with van der Waals surface area (Å²) in [4.78, 5) is 25.2. The summed E-state index contributed by atoms with van der Waals surface area (Å²) in [5.41, 5.74) is 7.43. The maximum absolute atomic E-state index is 12.1. The molecule has 29 heavy (non-hydrogen) atoms. The zero-order chi connectivity index (χ0) is 20.7. The number of aryl methyl sites for hydroxylation is 1. The number of thioether (sulfide) groups is 2. The average Bonchev–Trinajstić information content (AvgIpc) is 3.36. The summed E-state index contributed by atoms with van der Waals surface area (Å²) in [5.74, 6) is 0.217. The Balaban J connectivity index is 1.57. The lowest BCUT2D eigenvalue weighted by Gasteiger charge is -2.48. The summed E-state index contributed by atoms with van der Waals surface area (Å²) in [7, 11) is 0. The van der Waals surface area contributed by atoms with E-state index in [1.165, 1.54) is 28.4 Å². The van der Waals surface area contributed by atoms with Crippen molar-refractivity contribution >= 4 is 35.4 Å². The number of fused-ring (bicyclic) bond motifs is 1. The van der Waals surface area contributed by atoms with E-state index in [-0.39, 0.29) is 17.0 Å². The summed E-state index contributed by atoms with van der Waals surface area (Å²) >= 11 is 2.91. The molecule has 0 aromatic carbocycles. The van der Waals surface area contributed by atoms with Crippen LogP contribution in [0.2, 0.25) is 0 Å². The average molecular weight is 436 g/mol. The minimum absolute atomic E-state index is 0.0555. The van der Waals surface area contributed by atoms with Crippen LogP contribution < -0.4 is 5.73 Å². The topological polar surface area (TPSA) is 132 Å². The Morgan fingerprint density at radius 3 is 2.83 bits per heavy atom. The van der Waals surface area contributed by atoms with Gasteiger partial charge in [0.15, 0.2) is 11.0 Å². The predicted molar refractivity (Wildman–Crippen MR) is 109 cm³/mol. The van der Waals surface area contributed by atoms with Crippen LogP contribution in [0.25, 0.3) is 11.4 Å². The van der Waals surface area contributed by atoms with Gasteiger partial charge in [0.2, 0.25) is 5.91 Å². The quantitative estimate of drug-likeness (QED) is 0.480. The molecular weight excluding hydrogens is 414 g/mol. The van der Waals surface area contributed by atoms with Gasteiger partial charge >= 0.3 is 5.97 Å². The molecule has 4 heterocycles. The van der Waals surface area contributed by atoms with E-state index in [0.29, 0.717) is 28.8 Å². The molecule has 0 spiro atoms. The third-order valence-corrected chi connectivity index (χ3v) is 7.33. The van der Waals surface area contributed by atoms with Crippen LogP contribution in [-0.4, -0.2) is 69.3 Å². The van der Waals surface area contributed by atoms with Crippen molar-refractivity contribution in [1.29, 1.82) is 0 Å². The minimum atomic E-state index is -1.10. The molecule has 2 atom stereocenters. The van der Waals surface area contributed by atoms with E-state index in [1.54, 1.807) is 6.20 Å². The van der Waals surface area contributed by atoms with Gasteiger partial charge in [0.1, 0.15) is 17.1 Å². The van der Waals surface area contributed by atoms with Crippen LogP contribution in [-0.2, 0) is 22.7 Å². The fourth-order valence-electron chi connectivity index (χ4n) is 3.39. The second kappa shape index (κ2) is 7.84. The number of carboxylic acids is 1. The van der Waals surface area contributed by atoms with Crippen molar-refractivity contribution in [3.63, 3.8) is 0 Å². The van der Waals surface area contributed by atoms with E-state index in [2.05, 4.69) is 15.3 Å². The van der Waals surface area contributed by atoms with Gasteiger partial charge in [-0.2, -0.15) is 5.10 Å². The fraction of sp³-hybridized carbons (Fsp3) is 0.471. The lowest BCUT2D eigenvalue weighted by atomic mass is 10.0. The SMILES string of the molecule is CCn1cc(-c2nnc(SCC3=C(C(=O)O)N4C(=O)C(N)C4SC3)n2CC)cn1. The Kier molecular flexibility index (Phi) is 5.40. The number of aliphatic carboxylic acids is 1. The smallest absolute Gasteiger partial charge is 0.352 e. The van der Waals surface area contributed by atoms with Gasteiger partial charge in [0.25, 0.3) is 0 Å². The highest BCUT2D eigenvalue weighted by atomic mass is 32.2. The highest BCUT2D eigenvalue weighted by Gasteiger charge is 2.51. The lowest BCUT2D eigenvalue weighted by molar-refractivity contribution is -0.147. The maximum atomic E-state index is 12.1. The summed E-state index contributed by atoms with van der Waals surface area (Å²) in [6.07, 6.45) is 3.68. The van der Waals surface area contributed by atoms with Gasteiger partial charge in [-0.15, -0.1) is 22.0 Å². The Labute approximate surface area is 175 Å². The molecule has 12 heteroatoms. The molecule has 2 unspecified atom stereocenters. The first kappa shape index (κ1) is 20.0. The molecule has 3 N–H and O–H groups in total. The van der Waals surface area contributed by atoms with E-state index < -0.39 is 12.0 Å². The Morgan fingerprint density at radius 2 is 2.17 bits per heavy atom. The van der Waals surface area contributed by atoms with E-state index in [0.717, 1.165) is 17.9 Å². The van der Waals surface area contributed by atoms with Crippen LogP contribution in [0, 0.1) is 0 Å². The molecule has 1 fully saturated rings. The van der Waals surface area contributed by atoms with Crippen LogP contribution >= 0.6 is 23.5 Å². The highest BCUT2D eigenvalue weighted by molar-refractivity contribution is 8.01. The maximum Gasteiger partial charge on any atom is 0.352 e. The van der Waals surface area contributed by atoms with Gasteiger partial charge in [-0.05, 0) is 19.4 Å². The van der Waals surface area contributed by atoms with E-state index in [1.807, 2.05) is 29.3 Å². The minimum Gasteiger partial charge on any atom is -0.477 e. The molecule has 0 radical (unpaired) electrons. The number of β-lactam (4-membered cyclic amide) rings is 1. The number of aromatic nitrogens is 5. The summed E-state index contributed by atoms with van der Waals surface area (Å²) < 4.78 is 3.80. The number of nitrogens with two attached hydrogens (primary N) is 1. The van der Waals surface area contributed by atoms with E-state index in [9.17, 15) is 14.7 Å². The van der Waals surface area contributed by atoms with Crippen molar-refractivity contribution in [2.45, 2.75) is 43.5 Å². The number of hydrogen-bond donors (Lipinski definition) is 2. The first-order valence-corrected chi connectivity index (χ1v) is 11.2. The molecule has 10 nitrogen and oxygen atoms in total. The first-order valence-electron chi connectivity index (χ1n) is 9.20. The molecule has 0 saturated carbocycles. The van der Waals surface area contributed by atoms with Gasteiger partial charge < -0.3 is 15.4 Å². The third-order valence-electron chi connectivity index (χ3n) is 4.91. The Morgan fingerprint density at radius 1 is 1.38 bits per heavy atom. The molecule has 1 amide bonds. The van der Waals surface area contributed by atoms with Crippen LogP contribution in [0.5, 0.6) is 0 Å². The van der Waals surface area contributed by atoms with E-state index >= 15 is 0 Å². The molecule has 1 saturated heterocycles. The van der Waals surface area contributed by atoms with Crippen molar-refractivity contribution in [3.8, 4) is 11.4 Å². The molecule has 4 rings (SSSR count). The van der Waals surface area contributed by atoms with Crippen molar-refractivity contribution in [3.05, 3.63) is 23.7 Å². The Hall–Kier alpha value is -2.31. The van der Waals surface area contributed by atoms with E-state index in [4.69, 9.17) is 5.73 Å². The third kappa shape index (κ3) is 3.34. The molecule has 154 valence electrons. The zero-order valence-corrected chi connectivity index (χ0v) is 17.6. The van der Waals surface area contributed by atoms with Gasteiger partial charge in [-0.3, -0.25) is 14.4 Å². The van der Waals surface area contributed by atoms with Crippen molar-refractivity contribution < 1.29 is 14.7 Å². The first-order chi connectivity index (χ1) is 14.0. The zero-order valence-electron chi connectivity index (χ0n) is 16.0. The van der Waals surface area contributed by atoms with Gasteiger partial charge in [0, 0.05) is 30.8 Å². The summed E-state index contributed by atoms with van der Waals surface area (Å²) in [6.45, 7) is 5.46. The molecule has 2 aliphatic rings. The van der Waals surface area contributed by atoms with Crippen molar-refractivity contribution in [1.82, 2.24) is 29.4 Å². The summed E-state index contributed by atoms with van der Waals surface area (Å²) in [6, 6.07) is -0.627. The second-order valence-electron chi connectivity index (χ2n) is 6.62. The number of carbonyl (C=O) groups is 2. The van der Waals surface area contributed by atoms with Crippen molar-refractivity contribution in [2.24, 2.45) is 5.73 Å². The number of amides is 1. The lowest BCUT2D eigenvalue weighted by Crippen LogP contribution is -2.68. The van der Waals surface area contributed by atoms with Crippen LogP contribution in [0.3, 0.4) is 0 Å². The monoisotopic (exact) mass is 435 g/mol.